The van der Waals surface area contributed by atoms with Crippen LogP contribution in [0.1, 0.15) is 12.0 Å². The zero-order valence-corrected chi connectivity index (χ0v) is 15.8. The van der Waals surface area contributed by atoms with Crippen LogP contribution in [0.4, 0.5) is 0 Å². The minimum atomic E-state index is -0.964. The molecule has 0 heterocycles. The molecule has 5 nitrogen and oxygen atoms in total. The molecule has 0 spiro atoms. The van der Waals surface area contributed by atoms with Crippen molar-refractivity contribution in [2.24, 2.45) is 0 Å². The average molecular weight is 380 g/mol. The average Bonchev–Trinajstić information content (AvgIpc) is 2.72. The number of ether oxygens (including phenoxy) is 3. The fourth-order valence-corrected chi connectivity index (χ4v) is 2.96. The maximum absolute atomic E-state index is 11.0. The van der Waals surface area contributed by atoms with Gasteiger partial charge in [0.25, 0.3) is 0 Å². The first kappa shape index (κ1) is 19.7. The van der Waals surface area contributed by atoms with Gasteiger partial charge in [0.2, 0.25) is 0 Å². The summed E-state index contributed by atoms with van der Waals surface area (Å²) in [5, 5.41) is 11.3. The third-order valence-electron chi connectivity index (χ3n) is 4.47. The third-order valence-corrected chi connectivity index (χ3v) is 4.47. The highest BCUT2D eigenvalue weighted by Gasteiger charge is 2.16. The first-order valence-electron chi connectivity index (χ1n) is 9.25. The first-order chi connectivity index (χ1) is 13.7. The van der Waals surface area contributed by atoms with Crippen molar-refractivity contribution in [3.63, 3.8) is 0 Å². The molecule has 0 bridgehead atoms. The van der Waals surface area contributed by atoms with E-state index >= 15 is 0 Å². The number of carboxylic acids is 1. The molecule has 3 aromatic rings. The molecule has 3 aromatic carbocycles. The maximum Gasteiger partial charge on any atom is 0.333 e. The van der Waals surface area contributed by atoms with E-state index in [9.17, 15) is 4.79 Å². The summed E-state index contributed by atoms with van der Waals surface area (Å²) in [6.07, 6.45) is 0.249. The van der Waals surface area contributed by atoms with Crippen LogP contribution < -0.4 is 9.47 Å². The Labute approximate surface area is 164 Å². The quantitative estimate of drug-likeness (QED) is 0.531. The van der Waals surface area contributed by atoms with Gasteiger partial charge < -0.3 is 19.3 Å². The van der Waals surface area contributed by atoms with Crippen molar-refractivity contribution in [3.8, 4) is 11.5 Å². The van der Waals surface area contributed by atoms with Crippen molar-refractivity contribution in [2.45, 2.75) is 18.9 Å². The lowest BCUT2D eigenvalue weighted by atomic mass is 10.1. The summed E-state index contributed by atoms with van der Waals surface area (Å²) in [6, 6.07) is 21.6. The number of fused-ring (bicyclic) bond motifs is 1. The minimum Gasteiger partial charge on any atom is -0.493 e. The van der Waals surface area contributed by atoms with Gasteiger partial charge >= 0.3 is 5.97 Å². The molecule has 1 atom stereocenters. The van der Waals surface area contributed by atoms with Crippen molar-refractivity contribution >= 4 is 16.7 Å². The molecule has 3 rings (SSSR count). The number of carboxylic acid groups (broad SMARTS) is 1. The Hall–Kier alpha value is -3.05. The van der Waals surface area contributed by atoms with E-state index in [0.29, 0.717) is 19.6 Å². The summed E-state index contributed by atoms with van der Waals surface area (Å²) in [4.78, 5) is 11.0. The van der Waals surface area contributed by atoms with E-state index in [1.54, 1.807) is 0 Å². The van der Waals surface area contributed by atoms with Crippen molar-refractivity contribution in [2.75, 3.05) is 20.3 Å². The molecule has 146 valence electrons. The summed E-state index contributed by atoms with van der Waals surface area (Å²) in [6.45, 7) is 1.11. The van der Waals surface area contributed by atoms with Crippen molar-refractivity contribution in [1.29, 1.82) is 0 Å². The summed E-state index contributed by atoms with van der Waals surface area (Å²) in [7, 11) is 1.40. The van der Waals surface area contributed by atoms with E-state index < -0.39 is 12.1 Å². The number of hydrogen-bond acceptors (Lipinski definition) is 4. The lowest BCUT2D eigenvalue weighted by molar-refractivity contribution is -0.148. The van der Waals surface area contributed by atoms with Crippen LogP contribution in [-0.2, 0) is 16.0 Å². The summed E-state index contributed by atoms with van der Waals surface area (Å²) < 4.78 is 16.6. The topological polar surface area (TPSA) is 65.0 Å². The van der Waals surface area contributed by atoms with E-state index in [0.717, 1.165) is 34.3 Å². The van der Waals surface area contributed by atoms with Crippen LogP contribution in [0.2, 0.25) is 0 Å². The summed E-state index contributed by atoms with van der Waals surface area (Å²) in [5.41, 5.74) is 0.890. The Kier molecular flexibility index (Phi) is 6.87. The van der Waals surface area contributed by atoms with Gasteiger partial charge in [0.05, 0.1) is 13.2 Å². The minimum absolute atomic E-state index is 0.324. The van der Waals surface area contributed by atoms with E-state index in [2.05, 4.69) is 18.2 Å². The molecule has 0 radical (unpaired) electrons. The Morgan fingerprint density at radius 3 is 2.39 bits per heavy atom. The smallest absolute Gasteiger partial charge is 0.333 e. The molecule has 0 aliphatic heterocycles. The van der Waals surface area contributed by atoms with Gasteiger partial charge in [-0.3, -0.25) is 0 Å². The van der Waals surface area contributed by atoms with Crippen LogP contribution in [0.5, 0.6) is 11.5 Å². The van der Waals surface area contributed by atoms with Crippen molar-refractivity contribution < 1.29 is 24.1 Å². The SMILES string of the molecule is CO[C@@H](Cc1ccc(OCCCOc2cccc3ccccc23)cc1)C(=O)O. The lowest BCUT2D eigenvalue weighted by Crippen LogP contribution is -2.24. The number of aliphatic carboxylic acids is 1. The highest BCUT2D eigenvalue weighted by atomic mass is 16.5. The molecular formula is C23H24O5. The van der Waals surface area contributed by atoms with E-state index in [4.69, 9.17) is 19.3 Å². The van der Waals surface area contributed by atoms with Crippen LogP contribution in [-0.4, -0.2) is 37.5 Å². The molecule has 0 saturated heterocycles. The van der Waals surface area contributed by atoms with Gasteiger partial charge in [0.1, 0.15) is 11.5 Å². The number of carbonyl (C=O) groups is 1. The van der Waals surface area contributed by atoms with Gasteiger partial charge in [-0.2, -0.15) is 0 Å². The number of methoxy groups -OCH3 is 1. The van der Waals surface area contributed by atoms with Gasteiger partial charge in [-0.25, -0.2) is 4.79 Å². The van der Waals surface area contributed by atoms with Crippen LogP contribution >= 0.6 is 0 Å². The standard InChI is InChI=1S/C23H24O5/c1-26-22(23(24)25)16-17-10-12-19(13-11-17)27-14-5-15-28-21-9-4-7-18-6-2-3-8-20(18)21/h2-4,6-13,22H,5,14-16H2,1H3,(H,24,25)/t22-/m0/s1. The maximum atomic E-state index is 11.0. The molecule has 28 heavy (non-hydrogen) atoms. The van der Waals surface area contributed by atoms with Gasteiger partial charge in [-0.1, -0.05) is 48.5 Å². The zero-order chi connectivity index (χ0) is 19.8. The molecule has 0 aliphatic carbocycles. The van der Waals surface area contributed by atoms with Gasteiger partial charge in [-0.05, 0) is 29.1 Å². The normalized spacial score (nSPS) is 11.9. The molecular weight excluding hydrogens is 356 g/mol. The summed E-state index contributed by atoms with van der Waals surface area (Å²) >= 11 is 0. The van der Waals surface area contributed by atoms with E-state index in [-0.39, 0.29) is 0 Å². The number of hydrogen-bond donors (Lipinski definition) is 1. The summed E-state index contributed by atoms with van der Waals surface area (Å²) in [5.74, 6) is 0.667. The second-order valence-electron chi connectivity index (χ2n) is 6.44. The van der Waals surface area contributed by atoms with Crippen LogP contribution in [0.3, 0.4) is 0 Å². The molecule has 0 saturated carbocycles. The highest BCUT2D eigenvalue weighted by molar-refractivity contribution is 5.88. The Balaban J connectivity index is 1.43. The lowest BCUT2D eigenvalue weighted by Gasteiger charge is -2.12. The van der Waals surface area contributed by atoms with Crippen LogP contribution in [0, 0.1) is 0 Å². The predicted molar refractivity (Wildman–Crippen MR) is 108 cm³/mol. The monoisotopic (exact) mass is 380 g/mol. The molecule has 0 unspecified atom stereocenters. The molecule has 0 aliphatic rings. The predicted octanol–water partition coefficient (Wildman–Crippen LogP) is 4.33. The second-order valence-corrected chi connectivity index (χ2v) is 6.44. The fraction of sp³-hybridized carbons (Fsp3) is 0.261. The van der Waals surface area contributed by atoms with E-state index in [1.165, 1.54) is 7.11 Å². The molecule has 1 N–H and O–H groups in total. The zero-order valence-electron chi connectivity index (χ0n) is 15.8. The highest BCUT2D eigenvalue weighted by Crippen LogP contribution is 2.25. The Morgan fingerprint density at radius 2 is 1.64 bits per heavy atom. The molecule has 5 heteroatoms. The second kappa shape index (κ2) is 9.76. The molecule has 0 fully saturated rings. The van der Waals surface area contributed by atoms with E-state index in [1.807, 2.05) is 48.5 Å². The third kappa shape index (κ3) is 5.24. The fourth-order valence-electron chi connectivity index (χ4n) is 2.96. The first-order valence-corrected chi connectivity index (χ1v) is 9.25. The van der Waals surface area contributed by atoms with Gasteiger partial charge in [0, 0.05) is 25.3 Å². The Morgan fingerprint density at radius 1 is 0.929 bits per heavy atom. The van der Waals surface area contributed by atoms with Crippen LogP contribution in [0.25, 0.3) is 10.8 Å². The largest absolute Gasteiger partial charge is 0.493 e. The molecule has 0 aromatic heterocycles. The van der Waals surface area contributed by atoms with Crippen LogP contribution in [0.15, 0.2) is 66.7 Å². The Bertz CT molecular complexity index is 899. The van der Waals surface area contributed by atoms with Gasteiger partial charge in [0.15, 0.2) is 6.10 Å². The van der Waals surface area contributed by atoms with Gasteiger partial charge in [-0.15, -0.1) is 0 Å². The van der Waals surface area contributed by atoms with Crippen molar-refractivity contribution in [1.82, 2.24) is 0 Å². The number of rotatable bonds is 10. The number of benzene rings is 3. The molecule has 0 amide bonds. The van der Waals surface area contributed by atoms with Crippen molar-refractivity contribution in [3.05, 3.63) is 72.3 Å².